The molecule has 0 radical (unpaired) electrons. The van der Waals surface area contributed by atoms with E-state index in [1.807, 2.05) is 72.6 Å². The third kappa shape index (κ3) is 3.91. The molecule has 0 bridgehead atoms. The molecule has 0 aliphatic heterocycles. The summed E-state index contributed by atoms with van der Waals surface area (Å²) in [7, 11) is 1.99. The van der Waals surface area contributed by atoms with Crippen LogP contribution in [0.15, 0.2) is 59.5 Å². The van der Waals surface area contributed by atoms with Crippen molar-refractivity contribution in [3.8, 4) is 11.6 Å². The van der Waals surface area contributed by atoms with Gasteiger partial charge >= 0.3 is 0 Å². The van der Waals surface area contributed by atoms with Crippen molar-refractivity contribution in [3.05, 3.63) is 66.1 Å². The van der Waals surface area contributed by atoms with Crippen molar-refractivity contribution in [1.29, 1.82) is 0 Å². The predicted molar refractivity (Wildman–Crippen MR) is 74.0 cm³/mol. The van der Waals surface area contributed by atoms with Gasteiger partial charge in [0.25, 0.3) is 0 Å². The number of halogens is 1. The van der Waals surface area contributed by atoms with Gasteiger partial charge in [-0.15, -0.1) is 0 Å². The number of nitrogens with zero attached hydrogens (tertiary/aromatic N) is 3. The van der Waals surface area contributed by atoms with Gasteiger partial charge in [-0.2, -0.15) is 0 Å². The van der Waals surface area contributed by atoms with Gasteiger partial charge in [-0.3, -0.25) is 0 Å². The molecule has 6 heteroatoms. The standard InChI is InChI=1S/C16H14N3O2.HI/c1-18-10-8-14(9-11-18)3-2-13-4-6-15(7-5-13)19-12-16(20)21-17-19;/h2-12H,1H3;1H/q+1;/p-1/b3-2+;. The number of aryl methyl sites for hydroxylation is 1. The van der Waals surface area contributed by atoms with E-state index >= 15 is 0 Å². The second-order valence-corrected chi connectivity index (χ2v) is 4.69. The van der Waals surface area contributed by atoms with Gasteiger partial charge in [0.15, 0.2) is 12.4 Å². The summed E-state index contributed by atoms with van der Waals surface area (Å²) in [5, 5.41) is 14.6. The van der Waals surface area contributed by atoms with Crippen LogP contribution in [0, 0.1) is 0 Å². The fraction of sp³-hybridized carbons (Fsp3) is 0.0625. The maximum atomic E-state index is 11.0. The molecule has 0 saturated heterocycles. The Bertz CT molecular complexity index is 765. The third-order valence-corrected chi connectivity index (χ3v) is 3.08. The van der Waals surface area contributed by atoms with Crippen LogP contribution in [0.5, 0.6) is 5.95 Å². The summed E-state index contributed by atoms with van der Waals surface area (Å²) in [6, 6.07) is 11.8. The topological polar surface area (TPSA) is 56.9 Å². The lowest BCUT2D eigenvalue weighted by Crippen LogP contribution is -3.00. The van der Waals surface area contributed by atoms with Crippen molar-refractivity contribution in [1.82, 2.24) is 5.27 Å². The van der Waals surface area contributed by atoms with Gasteiger partial charge in [-0.25, -0.2) is 4.57 Å². The second kappa shape index (κ2) is 7.17. The zero-order valence-corrected chi connectivity index (χ0v) is 14.0. The van der Waals surface area contributed by atoms with Gasteiger partial charge in [0.05, 0.1) is 5.27 Å². The van der Waals surface area contributed by atoms with Crippen LogP contribution < -0.4 is 38.3 Å². The Balaban J connectivity index is 0.00000176. The molecule has 0 unspecified atom stereocenters. The van der Waals surface area contributed by atoms with Gasteiger partial charge in [-0.05, 0) is 27.9 Å². The first-order valence-electron chi connectivity index (χ1n) is 6.50. The molecule has 0 fully saturated rings. The minimum absolute atomic E-state index is 0. The van der Waals surface area contributed by atoms with Crippen LogP contribution in [-0.2, 0) is 7.05 Å². The van der Waals surface area contributed by atoms with Gasteiger partial charge in [-0.1, -0.05) is 12.2 Å². The molecule has 2 heterocycles. The number of hydrogen-bond acceptors (Lipinski definition) is 3. The van der Waals surface area contributed by atoms with Gasteiger partial charge in [0, 0.05) is 24.3 Å². The Kier molecular flexibility index (Phi) is 5.26. The van der Waals surface area contributed by atoms with Crippen LogP contribution in [0.1, 0.15) is 11.1 Å². The molecule has 3 rings (SSSR count). The minimum atomic E-state index is -0.462. The summed E-state index contributed by atoms with van der Waals surface area (Å²) in [5.41, 5.74) is 2.99. The second-order valence-electron chi connectivity index (χ2n) is 4.69. The highest BCUT2D eigenvalue weighted by Gasteiger charge is 2.07. The number of hydrogen-bond donors (Lipinski definition) is 0. The SMILES string of the molecule is C[n+]1ccc(/C=C/c2ccc(-[n+]3cc([O-])on3)cc2)cc1.[I-]. The van der Waals surface area contributed by atoms with Crippen molar-refractivity contribution in [2.45, 2.75) is 0 Å². The monoisotopic (exact) mass is 407 g/mol. The zero-order valence-electron chi connectivity index (χ0n) is 11.9. The van der Waals surface area contributed by atoms with Crippen molar-refractivity contribution in [2.75, 3.05) is 0 Å². The molecule has 0 spiro atoms. The highest BCUT2D eigenvalue weighted by atomic mass is 127. The average Bonchev–Trinajstić information content (AvgIpc) is 2.94. The summed E-state index contributed by atoms with van der Waals surface area (Å²) in [4.78, 5) is 0. The van der Waals surface area contributed by atoms with E-state index in [-0.39, 0.29) is 24.0 Å². The smallest absolute Gasteiger partial charge is 0.239 e. The fourth-order valence-electron chi connectivity index (χ4n) is 1.91. The molecular weight excluding hydrogens is 393 g/mol. The van der Waals surface area contributed by atoms with Gasteiger partial charge in [0.1, 0.15) is 13.0 Å². The molecule has 5 nitrogen and oxygen atoms in total. The van der Waals surface area contributed by atoms with Crippen LogP contribution in [-0.4, -0.2) is 5.27 Å². The van der Waals surface area contributed by atoms with E-state index in [4.69, 9.17) is 0 Å². The number of rotatable bonds is 3. The first kappa shape index (κ1) is 16.2. The van der Waals surface area contributed by atoms with Crippen molar-refractivity contribution < 1.29 is 42.9 Å². The number of aromatic nitrogens is 3. The molecule has 1 aromatic carbocycles. The Hall–Kier alpha value is -2.22. The van der Waals surface area contributed by atoms with Gasteiger partial charge in [0.2, 0.25) is 11.9 Å². The van der Waals surface area contributed by atoms with E-state index < -0.39 is 5.95 Å². The van der Waals surface area contributed by atoms with Crippen LogP contribution in [0.4, 0.5) is 0 Å². The third-order valence-electron chi connectivity index (χ3n) is 3.08. The van der Waals surface area contributed by atoms with Crippen molar-refractivity contribution in [3.63, 3.8) is 0 Å². The quantitative estimate of drug-likeness (QED) is 0.374. The largest absolute Gasteiger partial charge is 1.00 e. The minimum Gasteiger partial charge on any atom is -1.00 e. The maximum Gasteiger partial charge on any atom is 0.239 e. The maximum absolute atomic E-state index is 11.0. The van der Waals surface area contributed by atoms with Crippen molar-refractivity contribution >= 4 is 12.2 Å². The van der Waals surface area contributed by atoms with E-state index in [9.17, 15) is 5.11 Å². The fourth-order valence-corrected chi connectivity index (χ4v) is 1.91. The Morgan fingerprint density at radius 3 is 2.14 bits per heavy atom. The Morgan fingerprint density at radius 1 is 1.00 bits per heavy atom. The highest BCUT2D eigenvalue weighted by Crippen LogP contribution is 2.09. The molecule has 2 aromatic heterocycles. The molecular formula is C16H14IN3O2. The molecule has 0 aliphatic rings. The van der Waals surface area contributed by atoms with Crippen LogP contribution in [0.2, 0.25) is 0 Å². The summed E-state index contributed by atoms with van der Waals surface area (Å²) >= 11 is 0. The van der Waals surface area contributed by atoms with E-state index in [1.54, 1.807) is 0 Å². The summed E-state index contributed by atoms with van der Waals surface area (Å²) in [6.45, 7) is 0. The van der Waals surface area contributed by atoms with Crippen LogP contribution >= 0.6 is 0 Å². The lowest BCUT2D eigenvalue weighted by Gasteiger charge is -1.94. The lowest BCUT2D eigenvalue weighted by atomic mass is 10.1. The first-order valence-corrected chi connectivity index (χ1v) is 6.50. The first-order chi connectivity index (χ1) is 10.2. The summed E-state index contributed by atoms with van der Waals surface area (Å²) in [5.74, 6) is -0.462. The predicted octanol–water partition coefficient (Wildman–Crippen LogP) is -1.98. The van der Waals surface area contributed by atoms with Crippen LogP contribution in [0.25, 0.3) is 17.8 Å². The zero-order chi connectivity index (χ0) is 14.7. The summed E-state index contributed by atoms with van der Waals surface area (Å²) in [6.07, 6.45) is 9.39. The Labute approximate surface area is 145 Å². The molecule has 0 aliphatic carbocycles. The number of pyridine rings is 1. The lowest BCUT2D eigenvalue weighted by molar-refractivity contribution is -0.671. The van der Waals surface area contributed by atoms with E-state index in [0.717, 1.165) is 16.8 Å². The molecule has 3 aromatic rings. The van der Waals surface area contributed by atoms with Crippen molar-refractivity contribution in [2.24, 2.45) is 7.05 Å². The summed E-state index contributed by atoms with van der Waals surface area (Å²) < 4.78 is 7.91. The van der Waals surface area contributed by atoms with E-state index in [2.05, 4.69) is 9.79 Å². The normalized spacial score (nSPS) is 10.6. The highest BCUT2D eigenvalue weighted by molar-refractivity contribution is 5.69. The molecule has 0 N–H and O–H groups in total. The molecule has 0 atom stereocenters. The molecule has 22 heavy (non-hydrogen) atoms. The molecule has 0 amide bonds. The van der Waals surface area contributed by atoms with E-state index in [1.165, 1.54) is 10.9 Å². The molecule has 0 saturated carbocycles. The molecule has 112 valence electrons. The van der Waals surface area contributed by atoms with Gasteiger partial charge < -0.3 is 33.6 Å². The van der Waals surface area contributed by atoms with Crippen LogP contribution in [0.3, 0.4) is 0 Å². The van der Waals surface area contributed by atoms with E-state index in [0.29, 0.717) is 0 Å². The average molecular weight is 407 g/mol. The number of benzene rings is 1. The Morgan fingerprint density at radius 2 is 1.59 bits per heavy atom.